The SMILES string of the molecule is O=C(Cc1ccn(C2CCCC2)n1)c1ccoc1Br. The van der Waals surface area contributed by atoms with Crippen molar-refractivity contribution in [1.82, 2.24) is 9.78 Å². The molecule has 0 aliphatic heterocycles. The maximum Gasteiger partial charge on any atom is 0.179 e. The van der Waals surface area contributed by atoms with Gasteiger partial charge >= 0.3 is 0 Å². The molecule has 0 radical (unpaired) electrons. The topological polar surface area (TPSA) is 48.0 Å². The Kier molecular flexibility index (Phi) is 3.55. The van der Waals surface area contributed by atoms with Crippen molar-refractivity contribution in [3.8, 4) is 0 Å². The molecule has 2 heterocycles. The number of carbonyl (C=O) groups is 1. The first kappa shape index (κ1) is 12.7. The summed E-state index contributed by atoms with van der Waals surface area (Å²) < 4.78 is 7.59. The van der Waals surface area contributed by atoms with Gasteiger partial charge in [-0.2, -0.15) is 5.10 Å². The highest BCUT2D eigenvalue weighted by Crippen LogP contribution is 2.28. The van der Waals surface area contributed by atoms with Gasteiger partial charge in [-0.15, -0.1) is 0 Å². The fraction of sp³-hybridized carbons (Fsp3) is 0.429. The Balaban J connectivity index is 1.70. The summed E-state index contributed by atoms with van der Waals surface area (Å²) in [5.74, 6) is 0.0253. The van der Waals surface area contributed by atoms with Crippen LogP contribution in [0.5, 0.6) is 0 Å². The molecule has 0 saturated heterocycles. The van der Waals surface area contributed by atoms with E-state index in [0.29, 0.717) is 22.7 Å². The third-order valence-corrected chi connectivity index (χ3v) is 4.24. The van der Waals surface area contributed by atoms with Gasteiger partial charge in [-0.3, -0.25) is 9.48 Å². The average Bonchev–Trinajstić information content (AvgIpc) is 3.07. The van der Waals surface area contributed by atoms with Crippen LogP contribution in [0.25, 0.3) is 0 Å². The van der Waals surface area contributed by atoms with Crippen LogP contribution in [0.3, 0.4) is 0 Å². The summed E-state index contributed by atoms with van der Waals surface area (Å²) in [5, 5.41) is 4.52. The van der Waals surface area contributed by atoms with Crippen molar-refractivity contribution in [2.45, 2.75) is 38.1 Å². The second-order valence-electron chi connectivity index (χ2n) is 4.93. The number of halogens is 1. The van der Waals surface area contributed by atoms with Crippen molar-refractivity contribution < 1.29 is 9.21 Å². The molecule has 0 bridgehead atoms. The largest absolute Gasteiger partial charge is 0.457 e. The molecule has 3 rings (SSSR count). The number of rotatable bonds is 4. The molecular formula is C14H15BrN2O2. The first-order valence-corrected chi connectivity index (χ1v) is 7.33. The molecule has 0 unspecified atom stereocenters. The van der Waals surface area contributed by atoms with Crippen molar-refractivity contribution >= 4 is 21.7 Å². The number of nitrogens with zero attached hydrogens (tertiary/aromatic N) is 2. The van der Waals surface area contributed by atoms with Crippen molar-refractivity contribution in [2.75, 3.05) is 0 Å². The molecular weight excluding hydrogens is 308 g/mol. The van der Waals surface area contributed by atoms with Gasteiger partial charge in [0.1, 0.15) is 0 Å². The number of hydrogen-bond acceptors (Lipinski definition) is 3. The molecule has 0 atom stereocenters. The van der Waals surface area contributed by atoms with E-state index in [-0.39, 0.29) is 5.78 Å². The third-order valence-electron chi connectivity index (χ3n) is 3.62. The lowest BCUT2D eigenvalue weighted by molar-refractivity contribution is 0.0990. The number of carbonyl (C=O) groups excluding carboxylic acids is 1. The summed E-state index contributed by atoms with van der Waals surface area (Å²) in [4.78, 5) is 12.1. The lowest BCUT2D eigenvalue weighted by atomic mass is 10.1. The molecule has 1 fully saturated rings. The Morgan fingerprint density at radius 3 is 2.89 bits per heavy atom. The maximum atomic E-state index is 12.1. The smallest absolute Gasteiger partial charge is 0.179 e. The van der Waals surface area contributed by atoms with Gasteiger partial charge in [0.25, 0.3) is 0 Å². The molecule has 100 valence electrons. The number of furan rings is 1. The Bertz CT molecular complexity index is 582. The molecule has 4 nitrogen and oxygen atoms in total. The Labute approximate surface area is 119 Å². The average molecular weight is 323 g/mol. The third kappa shape index (κ3) is 2.66. The van der Waals surface area contributed by atoms with Gasteiger partial charge in [0.2, 0.25) is 0 Å². The number of Topliss-reactive ketones (excluding diaryl/α,β-unsaturated/α-hetero) is 1. The fourth-order valence-corrected chi connectivity index (χ4v) is 3.06. The van der Waals surface area contributed by atoms with Crippen LogP contribution in [0.4, 0.5) is 0 Å². The highest BCUT2D eigenvalue weighted by atomic mass is 79.9. The summed E-state index contributed by atoms with van der Waals surface area (Å²) in [6.07, 6.45) is 8.77. The van der Waals surface area contributed by atoms with E-state index in [4.69, 9.17) is 4.42 Å². The van der Waals surface area contributed by atoms with Gasteiger partial charge in [-0.1, -0.05) is 12.8 Å². The van der Waals surface area contributed by atoms with Gasteiger partial charge in [0.15, 0.2) is 10.5 Å². The molecule has 1 saturated carbocycles. The number of hydrogen-bond donors (Lipinski definition) is 0. The quantitative estimate of drug-likeness (QED) is 0.805. The summed E-state index contributed by atoms with van der Waals surface area (Å²) in [7, 11) is 0. The minimum Gasteiger partial charge on any atom is -0.457 e. The molecule has 0 aromatic carbocycles. The highest BCUT2D eigenvalue weighted by molar-refractivity contribution is 9.10. The van der Waals surface area contributed by atoms with Crippen LogP contribution >= 0.6 is 15.9 Å². The van der Waals surface area contributed by atoms with Crippen LogP contribution in [0, 0.1) is 0 Å². The molecule has 1 aliphatic carbocycles. The van der Waals surface area contributed by atoms with Crippen LogP contribution in [0.2, 0.25) is 0 Å². The van der Waals surface area contributed by atoms with Crippen LogP contribution in [-0.2, 0) is 6.42 Å². The lowest BCUT2D eigenvalue weighted by Crippen LogP contribution is -2.08. The van der Waals surface area contributed by atoms with Gasteiger partial charge < -0.3 is 4.42 Å². The highest BCUT2D eigenvalue weighted by Gasteiger charge is 2.19. The molecule has 0 N–H and O–H groups in total. The van der Waals surface area contributed by atoms with E-state index < -0.39 is 0 Å². The van der Waals surface area contributed by atoms with Gasteiger partial charge in [0, 0.05) is 6.20 Å². The Hall–Kier alpha value is -1.36. The van der Waals surface area contributed by atoms with Crippen LogP contribution in [0.1, 0.15) is 47.8 Å². The molecule has 0 spiro atoms. The zero-order valence-electron chi connectivity index (χ0n) is 10.5. The second kappa shape index (κ2) is 5.33. The standard InChI is InChI=1S/C14H15BrN2O2/c15-14-12(6-8-19-14)13(18)9-10-5-7-17(16-10)11-3-1-2-4-11/h5-8,11H,1-4,9H2. The maximum absolute atomic E-state index is 12.1. The Morgan fingerprint density at radius 2 is 2.21 bits per heavy atom. The summed E-state index contributed by atoms with van der Waals surface area (Å²) >= 11 is 3.23. The van der Waals surface area contributed by atoms with Crippen molar-refractivity contribution in [3.63, 3.8) is 0 Å². The molecule has 5 heteroatoms. The minimum absolute atomic E-state index is 0.0253. The molecule has 19 heavy (non-hydrogen) atoms. The van der Waals surface area contributed by atoms with E-state index in [0.717, 1.165) is 5.69 Å². The Morgan fingerprint density at radius 1 is 1.42 bits per heavy atom. The van der Waals surface area contributed by atoms with Crippen LogP contribution in [0.15, 0.2) is 33.7 Å². The van der Waals surface area contributed by atoms with Gasteiger partial charge in [-0.25, -0.2) is 0 Å². The lowest BCUT2D eigenvalue weighted by Gasteiger charge is -2.08. The van der Waals surface area contributed by atoms with E-state index in [2.05, 4.69) is 21.0 Å². The summed E-state index contributed by atoms with van der Waals surface area (Å²) in [6.45, 7) is 0. The predicted octanol–water partition coefficient (Wildman–Crippen LogP) is 3.78. The normalized spacial score (nSPS) is 16.1. The van der Waals surface area contributed by atoms with Crippen LogP contribution in [-0.4, -0.2) is 15.6 Å². The van der Waals surface area contributed by atoms with E-state index in [1.54, 1.807) is 6.07 Å². The minimum atomic E-state index is 0.0253. The zero-order chi connectivity index (χ0) is 13.2. The molecule has 1 aliphatic rings. The predicted molar refractivity (Wildman–Crippen MR) is 74.2 cm³/mol. The first-order valence-electron chi connectivity index (χ1n) is 6.54. The molecule has 2 aromatic heterocycles. The number of ketones is 1. The van der Waals surface area contributed by atoms with Gasteiger partial charge in [0.05, 0.1) is 30.0 Å². The van der Waals surface area contributed by atoms with Crippen LogP contribution < -0.4 is 0 Å². The fourth-order valence-electron chi connectivity index (χ4n) is 2.60. The van der Waals surface area contributed by atoms with E-state index >= 15 is 0 Å². The second-order valence-corrected chi connectivity index (χ2v) is 5.65. The zero-order valence-corrected chi connectivity index (χ0v) is 12.1. The van der Waals surface area contributed by atoms with E-state index in [1.807, 2.05) is 16.9 Å². The summed E-state index contributed by atoms with van der Waals surface area (Å²) in [6, 6.07) is 4.13. The number of aromatic nitrogens is 2. The van der Waals surface area contributed by atoms with Crippen molar-refractivity contribution in [1.29, 1.82) is 0 Å². The first-order chi connectivity index (χ1) is 9.24. The monoisotopic (exact) mass is 322 g/mol. The van der Waals surface area contributed by atoms with Crippen molar-refractivity contribution in [3.05, 3.63) is 40.5 Å². The van der Waals surface area contributed by atoms with E-state index in [1.165, 1.54) is 31.9 Å². The van der Waals surface area contributed by atoms with E-state index in [9.17, 15) is 4.79 Å². The van der Waals surface area contributed by atoms with Gasteiger partial charge in [-0.05, 0) is 40.9 Å². The van der Waals surface area contributed by atoms with Crippen molar-refractivity contribution in [2.24, 2.45) is 0 Å². The molecule has 2 aromatic rings. The summed E-state index contributed by atoms with van der Waals surface area (Å²) in [5.41, 5.74) is 1.40. The molecule has 0 amide bonds.